The molecule has 1 fully saturated rings. The van der Waals surface area contributed by atoms with Crippen molar-refractivity contribution in [2.24, 2.45) is 5.41 Å². The zero-order valence-electron chi connectivity index (χ0n) is 11.7. The van der Waals surface area contributed by atoms with Crippen LogP contribution in [0.25, 0.3) is 0 Å². The summed E-state index contributed by atoms with van der Waals surface area (Å²) >= 11 is 6.02. The first-order valence-electron chi connectivity index (χ1n) is 6.82. The van der Waals surface area contributed by atoms with Gasteiger partial charge in [0.15, 0.2) is 0 Å². The van der Waals surface area contributed by atoms with Gasteiger partial charge in [0, 0.05) is 23.7 Å². The molecule has 4 heteroatoms. The Morgan fingerprint density at radius 2 is 2.05 bits per heavy atom. The van der Waals surface area contributed by atoms with Crippen LogP contribution in [0, 0.1) is 11.2 Å². The second-order valence-corrected chi connectivity index (χ2v) is 6.32. The molecular weight excluding hydrogens is 263 g/mol. The first-order chi connectivity index (χ1) is 9.00. The van der Waals surface area contributed by atoms with Crippen LogP contribution in [0.3, 0.4) is 0 Å². The van der Waals surface area contributed by atoms with Crippen LogP contribution in [0.15, 0.2) is 18.2 Å². The van der Waals surface area contributed by atoms with Crippen molar-refractivity contribution in [2.75, 3.05) is 26.7 Å². The number of nitrogens with one attached hydrogen (secondary N) is 1. The van der Waals surface area contributed by atoms with E-state index in [4.69, 9.17) is 11.6 Å². The molecule has 1 aliphatic heterocycles. The third kappa shape index (κ3) is 3.91. The molecule has 2 rings (SSSR count). The van der Waals surface area contributed by atoms with Crippen molar-refractivity contribution in [1.82, 2.24) is 10.2 Å². The molecule has 0 atom stereocenters. The van der Waals surface area contributed by atoms with Gasteiger partial charge in [-0.2, -0.15) is 0 Å². The summed E-state index contributed by atoms with van der Waals surface area (Å²) in [6, 6.07) is 4.83. The maximum atomic E-state index is 13.6. The van der Waals surface area contributed by atoms with Crippen LogP contribution in [-0.2, 0) is 6.54 Å². The van der Waals surface area contributed by atoms with Crippen molar-refractivity contribution in [2.45, 2.75) is 26.3 Å². The molecule has 0 saturated carbocycles. The molecule has 1 aromatic rings. The number of nitrogens with zero attached hydrogens (tertiary/aromatic N) is 1. The van der Waals surface area contributed by atoms with Gasteiger partial charge in [0.25, 0.3) is 0 Å². The van der Waals surface area contributed by atoms with Crippen LogP contribution >= 0.6 is 11.6 Å². The Bertz CT molecular complexity index is 408. The van der Waals surface area contributed by atoms with E-state index < -0.39 is 0 Å². The van der Waals surface area contributed by atoms with Crippen molar-refractivity contribution in [1.29, 1.82) is 0 Å². The summed E-state index contributed by atoms with van der Waals surface area (Å²) in [4.78, 5) is 2.36. The number of piperidine rings is 1. The van der Waals surface area contributed by atoms with Gasteiger partial charge in [-0.15, -0.1) is 0 Å². The molecule has 0 aliphatic carbocycles. The van der Waals surface area contributed by atoms with E-state index in [1.165, 1.54) is 18.9 Å². The van der Waals surface area contributed by atoms with Gasteiger partial charge in [-0.05, 0) is 50.5 Å². The standard InChI is InChI=1S/C15H22ClFN2/c1-15(6-8-19(2)9-7-15)11-18-10-12-13(16)4-3-5-14(12)17/h3-5,18H,6-11H2,1-2H3. The van der Waals surface area contributed by atoms with Crippen LogP contribution in [0.1, 0.15) is 25.3 Å². The summed E-state index contributed by atoms with van der Waals surface area (Å²) < 4.78 is 13.6. The normalized spacial score (nSPS) is 19.6. The molecule has 0 unspecified atom stereocenters. The quantitative estimate of drug-likeness (QED) is 0.913. The number of benzene rings is 1. The maximum absolute atomic E-state index is 13.6. The fourth-order valence-electron chi connectivity index (χ4n) is 2.53. The third-order valence-electron chi connectivity index (χ3n) is 4.11. The first kappa shape index (κ1) is 14.8. The summed E-state index contributed by atoms with van der Waals surface area (Å²) in [6.07, 6.45) is 2.36. The Labute approximate surface area is 119 Å². The summed E-state index contributed by atoms with van der Waals surface area (Å²) in [7, 11) is 2.16. The van der Waals surface area contributed by atoms with Crippen molar-refractivity contribution in [3.05, 3.63) is 34.6 Å². The van der Waals surface area contributed by atoms with Crippen LogP contribution in [0.2, 0.25) is 5.02 Å². The number of halogens is 2. The summed E-state index contributed by atoms with van der Waals surface area (Å²) in [6.45, 7) is 5.98. The molecular formula is C15H22ClFN2. The highest BCUT2D eigenvalue weighted by molar-refractivity contribution is 6.31. The van der Waals surface area contributed by atoms with E-state index in [2.05, 4.69) is 24.2 Å². The van der Waals surface area contributed by atoms with E-state index in [9.17, 15) is 4.39 Å². The minimum atomic E-state index is -0.228. The van der Waals surface area contributed by atoms with Gasteiger partial charge in [-0.3, -0.25) is 0 Å². The largest absolute Gasteiger partial charge is 0.312 e. The van der Waals surface area contributed by atoms with E-state index in [0.29, 0.717) is 22.5 Å². The maximum Gasteiger partial charge on any atom is 0.129 e. The van der Waals surface area contributed by atoms with Gasteiger partial charge < -0.3 is 10.2 Å². The first-order valence-corrected chi connectivity index (χ1v) is 7.20. The van der Waals surface area contributed by atoms with Gasteiger partial charge >= 0.3 is 0 Å². The van der Waals surface area contributed by atoms with E-state index in [1.54, 1.807) is 12.1 Å². The van der Waals surface area contributed by atoms with Gasteiger partial charge in [0.1, 0.15) is 5.82 Å². The zero-order valence-corrected chi connectivity index (χ0v) is 12.4. The fraction of sp³-hybridized carbons (Fsp3) is 0.600. The summed E-state index contributed by atoms with van der Waals surface area (Å²) in [5.41, 5.74) is 0.880. The minimum absolute atomic E-state index is 0.228. The van der Waals surface area contributed by atoms with E-state index in [1.807, 2.05) is 0 Å². The van der Waals surface area contributed by atoms with Gasteiger partial charge in [0.05, 0.1) is 0 Å². The molecule has 1 saturated heterocycles. The zero-order chi connectivity index (χ0) is 13.9. The van der Waals surface area contributed by atoms with Crippen molar-refractivity contribution >= 4 is 11.6 Å². The molecule has 106 valence electrons. The molecule has 1 aromatic carbocycles. The molecule has 19 heavy (non-hydrogen) atoms. The molecule has 0 aromatic heterocycles. The molecule has 0 radical (unpaired) electrons. The van der Waals surface area contributed by atoms with Crippen LogP contribution in [-0.4, -0.2) is 31.6 Å². The molecule has 1 aliphatic rings. The lowest BCUT2D eigenvalue weighted by molar-refractivity contribution is 0.136. The highest BCUT2D eigenvalue weighted by Gasteiger charge is 2.28. The monoisotopic (exact) mass is 284 g/mol. The van der Waals surface area contributed by atoms with E-state index in [0.717, 1.165) is 19.6 Å². The number of likely N-dealkylation sites (tertiary alicyclic amines) is 1. The molecule has 2 nitrogen and oxygen atoms in total. The Morgan fingerprint density at radius 3 is 2.68 bits per heavy atom. The molecule has 1 N–H and O–H groups in total. The summed E-state index contributed by atoms with van der Waals surface area (Å²) in [5, 5.41) is 3.87. The van der Waals surface area contributed by atoms with Crippen molar-refractivity contribution in [3.8, 4) is 0 Å². The molecule has 1 heterocycles. The Balaban J connectivity index is 1.86. The Hall–Kier alpha value is -0.640. The predicted molar refractivity (Wildman–Crippen MR) is 78.0 cm³/mol. The SMILES string of the molecule is CN1CCC(C)(CNCc2c(F)cccc2Cl)CC1. The van der Waals surface area contributed by atoms with Gasteiger partial charge in [0.2, 0.25) is 0 Å². The Kier molecular flexibility index (Phi) is 4.82. The topological polar surface area (TPSA) is 15.3 Å². The number of hydrogen-bond acceptors (Lipinski definition) is 2. The fourth-order valence-corrected chi connectivity index (χ4v) is 2.76. The molecule has 0 bridgehead atoms. The van der Waals surface area contributed by atoms with Crippen molar-refractivity contribution < 1.29 is 4.39 Å². The van der Waals surface area contributed by atoms with Crippen molar-refractivity contribution in [3.63, 3.8) is 0 Å². The lowest BCUT2D eigenvalue weighted by Gasteiger charge is -2.38. The number of hydrogen-bond donors (Lipinski definition) is 1. The minimum Gasteiger partial charge on any atom is -0.312 e. The van der Waals surface area contributed by atoms with Crippen LogP contribution < -0.4 is 5.32 Å². The molecule has 0 amide bonds. The van der Waals surface area contributed by atoms with E-state index >= 15 is 0 Å². The second-order valence-electron chi connectivity index (χ2n) is 5.92. The van der Waals surface area contributed by atoms with Gasteiger partial charge in [-0.1, -0.05) is 24.6 Å². The lowest BCUT2D eigenvalue weighted by atomic mass is 9.80. The number of rotatable bonds is 4. The average Bonchev–Trinajstić information content (AvgIpc) is 2.37. The van der Waals surface area contributed by atoms with Gasteiger partial charge in [-0.25, -0.2) is 4.39 Å². The highest BCUT2D eigenvalue weighted by atomic mass is 35.5. The van der Waals surface area contributed by atoms with Crippen LogP contribution in [0.4, 0.5) is 4.39 Å². The smallest absolute Gasteiger partial charge is 0.129 e. The lowest BCUT2D eigenvalue weighted by Crippen LogP contribution is -2.41. The summed E-state index contributed by atoms with van der Waals surface area (Å²) in [5.74, 6) is -0.228. The van der Waals surface area contributed by atoms with E-state index in [-0.39, 0.29) is 5.82 Å². The highest BCUT2D eigenvalue weighted by Crippen LogP contribution is 2.29. The average molecular weight is 285 g/mol. The molecule has 0 spiro atoms. The van der Waals surface area contributed by atoms with Crippen LogP contribution in [0.5, 0.6) is 0 Å². The second kappa shape index (κ2) is 6.21. The predicted octanol–water partition coefficient (Wildman–Crippen LogP) is 3.30. The Morgan fingerprint density at radius 1 is 1.37 bits per heavy atom. The third-order valence-corrected chi connectivity index (χ3v) is 4.46.